The van der Waals surface area contributed by atoms with Gasteiger partial charge in [-0.25, -0.2) is 0 Å². The number of nitrogens with one attached hydrogen (secondary N) is 1. The topological polar surface area (TPSA) is 41.6 Å². The Bertz CT molecular complexity index is 483. The van der Waals surface area contributed by atoms with Crippen molar-refractivity contribution in [2.45, 2.75) is 45.3 Å². The van der Waals surface area contributed by atoms with E-state index >= 15 is 0 Å². The second-order valence-electron chi connectivity index (χ2n) is 6.19. The first-order valence-corrected chi connectivity index (χ1v) is 8.71. The normalized spacial score (nSPS) is 25.8. The van der Waals surface area contributed by atoms with Gasteiger partial charge in [-0.05, 0) is 44.7 Å². The second-order valence-corrected chi connectivity index (χ2v) is 7.32. The summed E-state index contributed by atoms with van der Waals surface area (Å²) >= 11 is 1.67. The molecule has 0 aromatic carbocycles. The zero-order valence-electron chi connectivity index (χ0n) is 12.9. The first-order chi connectivity index (χ1) is 10.1. The Kier molecular flexibility index (Phi) is 4.62. The number of hydrogen-bond donors (Lipinski definition) is 1. The van der Waals surface area contributed by atoms with Crippen LogP contribution >= 0.6 is 11.3 Å². The lowest BCUT2D eigenvalue weighted by atomic mass is 10.2. The highest BCUT2D eigenvalue weighted by molar-refractivity contribution is 7.14. The standard InChI is InChI=1S/C16H24N2O2S/c1-11-9-18(10-12(2)20-11)7-6-17-16(19)15-8-13-4-3-5-14(13)21-15/h8,11-12H,3-7,9-10H2,1-2H3,(H,17,19). The van der Waals surface area contributed by atoms with Crippen molar-refractivity contribution in [2.24, 2.45) is 0 Å². The maximum Gasteiger partial charge on any atom is 0.261 e. The monoisotopic (exact) mass is 308 g/mol. The fourth-order valence-electron chi connectivity index (χ4n) is 3.32. The van der Waals surface area contributed by atoms with Gasteiger partial charge in [0.25, 0.3) is 5.91 Å². The van der Waals surface area contributed by atoms with Gasteiger partial charge in [-0.15, -0.1) is 11.3 Å². The molecule has 1 aromatic heterocycles. The fourth-order valence-corrected chi connectivity index (χ4v) is 4.49. The Morgan fingerprint density at radius 1 is 1.38 bits per heavy atom. The molecule has 3 rings (SSSR count). The minimum atomic E-state index is 0.0868. The van der Waals surface area contributed by atoms with E-state index in [4.69, 9.17) is 4.74 Å². The van der Waals surface area contributed by atoms with Crippen LogP contribution in [0.1, 0.15) is 40.4 Å². The molecule has 0 spiro atoms. The molecule has 21 heavy (non-hydrogen) atoms. The van der Waals surface area contributed by atoms with E-state index in [9.17, 15) is 4.79 Å². The summed E-state index contributed by atoms with van der Waals surface area (Å²) in [6, 6.07) is 2.08. The van der Waals surface area contributed by atoms with Crippen molar-refractivity contribution in [1.29, 1.82) is 0 Å². The van der Waals surface area contributed by atoms with E-state index in [1.54, 1.807) is 11.3 Å². The van der Waals surface area contributed by atoms with Gasteiger partial charge in [0.15, 0.2) is 0 Å². The molecular weight excluding hydrogens is 284 g/mol. The smallest absolute Gasteiger partial charge is 0.261 e. The minimum Gasteiger partial charge on any atom is -0.373 e. The Hall–Kier alpha value is -0.910. The number of carbonyl (C=O) groups is 1. The van der Waals surface area contributed by atoms with Gasteiger partial charge in [0.2, 0.25) is 0 Å². The second kappa shape index (κ2) is 6.46. The molecule has 2 heterocycles. The Labute approximate surface area is 130 Å². The van der Waals surface area contributed by atoms with Crippen LogP contribution in [0.25, 0.3) is 0 Å². The molecule has 1 saturated heterocycles. The largest absolute Gasteiger partial charge is 0.373 e. The van der Waals surface area contributed by atoms with Crippen LogP contribution in [0.3, 0.4) is 0 Å². The van der Waals surface area contributed by atoms with Gasteiger partial charge in [0.1, 0.15) is 0 Å². The van der Waals surface area contributed by atoms with Crippen LogP contribution in [0.15, 0.2) is 6.07 Å². The number of carbonyl (C=O) groups excluding carboxylic acids is 1. The van der Waals surface area contributed by atoms with Gasteiger partial charge in [0, 0.05) is 31.1 Å². The average molecular weight is 308 g/mol. The molecule has 5 heteroatoms. The molecule has 1 fully saturated rings. The number of ether oxygens (including phenoxy) is 1. The highest BCUT2D eigenvalue weighted by atomic mass is 32.1. The minimum absolute atomic E-state index is 0.0868. The predicted molar refractivity (Wildman–Crippen MR) is 85.1 cm³/mol. The molecule has 0 radical (unpaired) electrons. The van der Waals surface area contributed by atoms with Crippen molar-refractivity contribution >= 4 is 17.2 Å². The molecule has 1 aliphatic carbocycles. The average Bonchev–Trinajstić information content (AvgIpc) is 2.97. The number of nitrogens with zero attached hydrogens (tertiary/aromatic N) is 1. The van der Waals surface area contributed by atoms with Crippen LogP contribution in [0.4, 0.5) is 0 Å². The highest BCUT2D eigenvalue weighted by Gasteiger charge is 2.22. The summed E-state index contributed by atoms with van der Waals surface area (Å²) < 4.78 is 5.72. The SMILES string of the molecule is CC1CN(CCNC(=O)c2cc3c(s2)CCC3)CC(C)O1. The van der Waals surface area contributed by atoms with Crippen molar-refractivity contribution in [2.75, 3.05) is 26.2 Å². The number of hydrogen-bond acceptors (Lipinski definition) is 4. The van der Waals surface area contributed by atoms with Gasteiger partial charge in [0.05, 0.1) is 17.1 Å². The van der Waals surface area contributed by atoms with E-state index in [0.29, 0.717) is 6.54 Å². The molecule has 0 saturated carbocycles. The molecule has 1 aliphatic heterocycles. The third-order valence-electron chi connectivity index (χ3n) is 4.18. The van der Waals surface area contributed by atoms with Crippen LogP contribution in [-0.2, 0) is 17.6 Å². The fraction of sp³-hybridized carbons (Fsp3) is 0.688. The molecule has 2 aliphatic rings. The van der Waals surface area contributed by atoms with E-state index < -0.39 is 0 Å². The van der Waals surface area contributed by atoms with E-state index in [2.05, 4.69) is 30.1 Å². The van der Waals surface area contributed by atoms with Gasteiger partial charge in [-0.3, -0.25) is 9.69 Å². The van der Waals surface area contributed by atoms with Crippen LogP contribution in [-0.4, -0.2) is 49.2 Å². The molecular formula is C16H24N2O2S. The summed E-state index contributed by atoms with van der Waals surface area (Å²) in [5.74, 6) is 0.0868. The van der Waals surface area contributed by atoms with Crippen molar-refractivity contribution in [3.8, 4) is 0 Å². The van der Waals surface area contributed by atoms with Gasteiger partial charge in [-0.2, -0.15) is 0 Å². The molecule has 116 valence electrons. The van der Waals surface area contributed by atoms with Crippen molar-refractivity contribution in [3.63, 3.8) is 0 Å². The van der Waals surface area contributed by atoms with E-state index in [0.717, 1.165) is 37.4 Å². The molecule has 2 atom stereocenters. The quantitative estimate of drug-likeness (QED) is 0.926. The Morgan fingerprint density at radius 3 is 2.86 bits per heavy atom. The Balaban J connectivity index is 1.45. The van der Waals surface area contributed by atoms with E-state index in [-0.39, 0.29) is 18.1 Å². The number of rotatable bonds is 4. The number of aryl methyl sites for hydroxylation is 2. The summed E-state index contributed by atoms with van der Waals surface area (Å²) in [6.45, 7) is 7.72. The van der Waals surface area contributed by atoms with Crippen molar-refractivity contribution in [3.05, 3.63) is 21.4 Å². The van der Waals surface area contributed by atoms with Crippen LogP contribution < -0.4 is 5.32 Å². The lowest BCUT2D eigenvalue weighted by Crippen LogP contribution is -2.47. The van der Waals surface area contributed by atoms with Crippen molar-refractivity contribution < 1.29 is 9.53 Å². The summed E-state index contributed by atoms with van der Waals surface area (Å²) in [7, 11) is 0. The zero-order valence-corrected chi connectivity index (χ0v) is 13.7. The first-order valence-electron chi connectivity index (χ1n) is 7.89. The summed E-state index contributed by atoms with van der Waals surface area (Å²) in [6.07, 6.45) is 4.10. The summed E-state index contributed by atoms with van der Waals surface area (Å²) in [5, 5.41) is 3.05. The first kappa shape index (κ1) is 15.0. The Morgan fingerprint density at radius 2 is 2.14 bits per heavy atom. The van der Waals surface area contributed by atoms with E-state index in [1.165, 1.54) is 16.9 Å². The third-order valence-corrected chi connectivity index (χ3v) is 5.42. The summed E-state index contributed by atoms with van der Waals surface area (Å²) in [4.78, 5) is 16.8. The maximum absolute atomic E-state index is 12.2. The number of fused-ring (bicyclic) bond motifs is 1. The molecule has 1 amide bonds. The molecule has 1 N–H and O–H groups in total. The lowest BCUT2D eigenvalue weighted by molar-refractivity contribution is -0.0672. The van der Waals surface area contributed by atoms with Crippen LogP contribution in [0.5, 0.6) is 0 Å². The van der Waals surface area contributed by atoms with Crippen LogP contribution in [0.2, 0.25) is 0 Å². The van der Waals surface area contributed by atoms with E-state index in [1.807, 2.05) is 0 Å². The van der Waals surface area contributed by atoms with Gasteiger partial charge >= 0.3 is 0 Å². The molecule has 2 unspecified atom stereocenters. The number of morpholine rings is 1. The number of thiophene rings is 1. The van der Waals surface area contributed by atoms with Gasteiger partial charge in [-0.1, -0.05) is 0 Å². The molecule has 1 aromatic rings. The summed E-state index contributed by atoms with van der Waals surface area (Å²) in [5.41, 5.74) is 1.39. The molecule has 4 nitrogen and oxygen atoms in total. The highest BCUT2D eigenvalue weighted by Crippen LogP contribution is 2.30. The zero-order chi connectivity index (χ0) is 14.8. The maximum atomic E-state index is 12.2. The third kappa shape index (κ3) is 3.65. The predicted octanol–water partition coefficient (Wildman–Crippen LogP) is 2.08. The van der Waals surface area contributed by atoms with Crippen LogP contribution in [0, 0.1) is 0 Å². The number of amides is 1. The lowest BCUT2D eigenvalue weighted by Gasteiger charge is -2.35. The van der Waals surface area contributed by atoms with Gasteiger partial charge < -0.3 is 10.1 Å². The molecule has 0 bridgehead atoms. The van der Waals surface area contributed by atoms with Crippen molar-refractivity contribution in [1.82, 2.24) is 10.2 Å².